The zero-order chi connectivity index (χ0) is 20.8. The molecule has 152 valence electrons. The van der Waals surface area contributed by atoms with Crippen LogP contribution in [0.4, 0.5) is 11.5 Å². The number of rotatable bonds is 8. The second-order valence-electron chi connectivity index (χ2n) is 6.92. The minimum Gasteiger partial charge on any atom is -0.497 e. The van der Waals surface area contributed by atoms with Gasteiger partial charge in [-0.05, 0) is 48.2 Å². The van der Waals surface area contributed by atoms with E-state index < -0.39 is 0 Å². The summed E-state index contributed by atoms with van der Waals surface area (Å²) in [5.74, 6) is 2.21. The van der Waals surface area contributed by atoms with Crippen molar-refractivity contribution in [1.29, 1.82) is 0 Å². The fourth-order valence-electron chi connectivity index (χ4n) is 2.83. The maximum Gasteiger partial charge on any atom is 0.297 e. The van der Waals surface area contributed by atoms with Gasteiger partial charge in [-0.1, -0.05) is 49.9 Å². The van der Waals surface area contributed by atoms with Gasteiger partial charge in [0.2, 0.25) is 5.82 Å². The van der Waals surface area contributed by atoms with Gasteiger partial charge < -0.3 is 10.1 Å². The monoisotopic (exact) mass is 410 g/mol. The second-order valence-corrected chi connectivity index (χ2v) is 7.86. The number of ether oxygens (including phenoxy) is 1. The minimum atomic E-state index is -0.173. The molecule has 3 aromatic rings. The first-order chi connectivity index (χ1) is 14.0. The normalized spacial score (nSPS) is 10.9. The SMILES string of the molecule is CCn1c(SCc2ccc(OC)cc2)nnc(Nc2ccc(C(C)C)cc2)c1=O. The Bertz CT molecular complexity index is 999. The van der Waals surface area contributed by atoms with E-state index in [4.69, 9.17) is 4.74 Å². The predicted molar refractivity (Wildman–Crippen MR) is 118 cm³/mol. The van der Waals surface area contributed by atoms with Gasteiger partial charge in [-0.15, -0.1) is 10.2 Å². The number of nitrogens with zero attached hydrogens (tertiary/aromatic N) is 3. The van der Waals surface area contributed by atoms with Crippen LogP contribution in [0.15, 0.2) is 58.5 Å². The summed E-state index contributed by atoms with van der Waals surface area (Å²) >= 11 is 1.49. The summed E-state index contributed by atoms with van der Waals surface area (Å²) in [6, 6.07) is 15.9. The summed E-state index contributed by atoms with van der Waals surface area (Å²) in [6.07, 6.45) is 0. The van der Waals surface area contributed by atoms with Crippen LogP contribution in [0.1, 0.15) is 37.8 Å². The van der Waals surface area contributed by atoms with Crippen LogP contribution in [0.3, 0.4) is 0 Å². The maximum absolute atomic E-state index is 12.9. The van der Waals surface area contributed by atoms with Gasteiger partial charge in [-0.2, -0.15) is 0 Å². The lowest BCUT2D eigenvalue weighted by Crippen LogP contribution is -2.26. The molecule has 0 saturated carbocycles. The average molecular weight is 411 g/mol. The molecular weight excluding hydrogens is 384 g/mol. The van der Waals surface area contributed by atoms with Gasteiger partial charge in [0.15, 0.2) is 5.16 Å². The van der Waals surface area contributed by atoms with Crippen LogP contribution in [-0.4, -0.2) is 21.9 Å². The molecule has 0 saturated heterocycles. The van der Waals surface area contributed by atoms with E-state index in [1.165, 1.54) is 17.3 Å². The molecule has 0 atom stereocenters. The summed E-state index contributed by atoms with van der Waals surface area (Å²) < 4.78 is 6.83. The number of hydrogen-bond donors (Lipinski definition) is 1. The van der Waals surface area contributed by atoms with E-state index in [2.05, 4.69) is 41.5 Å². The molecule has 0 aliphatic carbocycles. The molecule has 29 heavy (non-hydrogen) atoms. The van der Waals surface area contributed by atoms with Crippen LogP contribution in [-0.2, 0) is 12.3 Å². The topological polar surface area (TPSA) is 69.0 Å². The van der Waals surface area contributed by atoms with E-state index in [-0.39, 0.29) is 11.4 Å². The van der Waals surface area contributed by atoms with Gasteiger partial charge in [-0.3, -0.25) is 9.36 Å². The molecule has 0 fully saturated rings. The molecule has 0 aliphatic heterocycles. The van der Waals surface area contributed by atoms with Crippen molar-refractivity contribution in [2.24, 2.45) is 0 Å². The van der Waals surface area contributed by atoms with Gasteiger partial charge in [-0.25, -0.2) is 0 Å². The number of thioether (sulfide) groups is 1. The highest BCUT2D eigenvalue weighted by atomic mass is 32.2. The number of hydrogen-bond acceptors (Lipinski definition) is 6. The van der Waals surface area contributed by atoms with Gasteiger partial charge in [0.05, 0.1) is 7.11 Å². The minimum absolute atomic E-state index is 0.173. The van der Waals surface area contributed by atoms with Crippen molar-refractivity contribution in [3.8, 4) is 5.75 Å². The van der Waals surface area contributed by atoms with E-state index in [9.17, 15) is 4.79 Å². The zero-order valence-electron chi connectivity index (χ0n) is 17.2. The fourth-order valence-corrected chi connectivity index (χ4v) is 3.78. The van der Waals surface area contributed by atoms with E-state index >= 15 is 0 Å². The smallest absolute Gasteiger partial charge is 0.297 e. The van der Waals surface area contributed by atoms with Crippen LogP contribution in [0, 0.1) is 0 Å². The van der Waals surface area contributed by atoms with Crippen LogP contribution in [0.25, 0.3) is 0 Å². The lowest BCUT2D eigenvalue weighted by Gasteiger charge is -2.12. The molecule has 0 radical (unpaired) electrons. The molecule has 0 spiro atoms. The Balaban J connectivity index is 1.75. The van der Waals surface area contributed by atoms with Gasteiger partial charge in [0, 0.05) is 18.0 Å². The summed E-state index contributed by atoms with van der Waals surface area (Å²) in [5, 5.41) is 12.1. The highest BCUT2D eigenvalue weighted by Gasteiger charge is 2.12. The third kappa shape index (κ3) is 5.17. The van der Waals surface area contributed by atoms with E-state index in [1.807, 2.05) is 43.3 Å². The lowest BCUT2D eigenvalue weighted by molar-refractivity contribution is 0.414. The Hall–Kier alpha value is -2.80. The van der Waals surface area contributed by atoms with Crippen LogP contribution in [0.5, 0.6) is 5.75 Å². The molecule has 3 rings (SSSR count). The lowest BCUT2D eigenvalue weighted by atomic mass is 10.0. The molecule has 0 bridgehead atoms. The third-order valence-electron chi connectivity index (χ3n) is 4.60. The Kier molecular flexibility index (Phi) is 6.93. The summed E-state index contributed by atoms with van der Waals surface area (Å²) in [6.45, 7) is 6.76. The first-order valence-electron chi connectivity index (χ1n) is 9.62. The van der Waals surface area contributed by atoms with Crippen molar-refractivity contribution in [1.82, 2.24) is 14.8 Å². The van der Waals surface area contributed by atoms with Gasteiger partial charge >= 0.3 is 0 Å². The average Bonchev–Trinajstić information content (AvgIpc) is 2.74. The first-order valence-corrected chi connectivity index (χ1v) is 10.6. The molecule has 1 heterocycles. The highest BCUT2D eigenvalue weighted by Crippen LogP contribution is 2.23. The zero-order valence-corrected chi connectivity index (χ0v) is 18.0. The van der Waals surface area contributed by atoms with Crippen molar-refractivity contribution in [2.45, 2.75) is 44.1 Å². The van der Waals surface area contributed by atoms with Crippen molar-refractivity contribution in [2.75, 3.05) is 12.4 Å². The predicted octanol–water partition coefficient (Wildman–Crippen LogP) is 4.83. The van der Waals surface area contributed by atoms with Crippen molar-refractivity contribution in [3.63, 3.8) is 0 Å². The molecule has 0 aliphatic rings. The number of aromatic nitrogens is 3. The molecule has 1 aromatic heterocycles. The van der Waals surface area contributed by atoms with Crippen LogP contribution >= 0.6 is 11.8 Å². The second kappa shape index (κ2) is 9.60. The van der Waals surface area contributed by atoms with Crippen molar-refractivity contribution >= 4 is 23.3 Å². The summed E-state index contributed by atoms with van der Waals surface area (Å²) in [7, 11) is 1.65. The third-order valence-corrected chi connectivity index (χ3v) is 5.64. The molecule has 0 unspecified atom stereocenters. The Morgan fingerprint density at radius 2 is 1.76 bits per heavy atom. The quantitative estimate of drug-likeness (QED) is 0.537. The number of benzene rings is 2. The first kappa shape index (κ1) is 20.9. The summed E-state index contributed by atoms with van der Waals surface area (Å²) in [4.78, 5) is 12.9. The molecule has 0 amide bonds. The van der Waals surface area contributed by atoms with E-state index in [1.54, 1.807) is 11.7 Å². The largest absolute Gasteiger partial charge is 0.497 e. The molecule has 2 aromatic carbocycles. The standard InChI is InChI=1S/C22H26N4O2S/c1-5-26-21(27)20(23-18-10-8-17(9-11-18)15(2)3)24-25-22(26)29-14-16-6-12-19(28-4)13-7-16/h6-13,15H,5,14H2,1-4H3,(H,23,24). The molecule has 1 N–H and O–H groups in total. The summed E-state index contributed by atoms with van der Waals surface area (Å²) in [5.41, 5.74) is 3.02. The molecular formula is C22H26N4O2S. The Morgan fingerprint density at radius 3 is 2.34 bits per heavy atom. The van der Waals surface area contributed by atoms with Crippen molar-refractivity contribution < 1.29 is 4.74 Å². The fraction of sp³-hybridized carbons (Fsp3) is 0.318. The van der Waals surface area contributed by atoms with E-state index in [0.29, 0.717) is 23.4 Å². The van der Waals surface area contributed by atoms with Gasteiger partial charge in [0.25, 0.3) is 5.56 Å². The number of anilines is 2. The van der Waals surface area contributed by atoms with Crippen molar-refractivity contribution in [3.05, 3.63) is 70.0 Å². The molecule has 6 nitrogen and oxygen atoms in total. The number of methoxy groups -OCH3 is 1. The van der Waals surface area contributed by atoms with Crippen LogP contribution in [0.2, 0.25) is 0 Å². The molecule has 7 heteroatoms. The number of nitrogens with one attached hydrogen (secondary N) is 1. The van der Waals surface area contributed by atoms with E-state index in [0.717, 1.165) is 17.0 Å². The Morgan fingerprint density at radius 1 is 1.07 bits per heavy atom. The maximum atomic E-state index is 12.9. The highest BCUT2D eigenvalue weighted by molar-refractivity contribution is 7.98. The Labute approximate surface area is 175 Å². The van der Waals surface area contributed by atoms with Crippen LogP contribution < -0.4 is 15.6 Å². The van der Waals surface area contributed by atoms with Gasteiger partial charge in [0.1, 0.15) is 5.75 Å².